The third-order valence-electron chi connectivity index (χ3n) is 10.9. The standard InChI is InChI=1S/C32H45BFN3O4/c1-22(34)9-12-28(38)36-17-13-32(14-18-36)26-11-10-23(33-40-30(2,3)31(4,5)41-33)19-27(26)37(29(32)39)25-20-24(21-25)35-15-7-6-8-16-35/h10-11,19,24-25H,1,6-9,12-18,20-21H2,2-5H3. The van der Waals surface area contributed by atoms with Crippen molar-refractivity contribution in [3.63, 3.8) is 0 Å². The van der Waals surface area contributed by atoms with Crippen molar-refractivity contribution in [2.45, 2.75) is 114 Å². The zero-order chi connectivity index (χ0) is 29.2. The summed E-state index contributed by atoms with van der Waals surface area (Å²) in [6.45, 7) is 14.8. The molecule has 222 valence electrons. The first kappa shape index (κ1) is 28.9. The number of carbonyl (C=O) groups is 2. The topological polar surface area (TPSA) is 62.3 Å². The Morgan fingerprint density at radius 1 is 0.976 bits per heavy atom. The minimum absolute atomic E-state index is 0.0532. The number of fused-ring (bicyclic) bond motifs is 2. The first-order valence-corrected chi connectivity index (χ1v) is 15.6. The molecule has 0 radical (unpaired) electrons. The Morgan fingerprint density at radius 2 is 1.61 bits per heavy atom. The van der Waals surface area contributed by atoms with Crippen LogP contribution in [0.15, 0.2) is 30.6 Å². The molecule has 1 aromatic carbocycles. The molecule has 0 N–H and O–H groups in total. The average Bonchev–Trinajstić information content (AvgIpc) is 3.28. The first-order valence-electron chi connectivity index (χ1n) is 15.6. The molecule has 2 amide bonds. The Morgan fingerprint density at radius 3 is 2.22 bits per heavy atom. The Bertz CT molecular complexity index is 1200. The van der Waals surface area contributed by atoms with Crippen molar-refractivity contribution < 1.29 is 23.3 Å². The van der Waals surface area contributed by atoms with Crippen molar-refractivity contribution in [3.05, 3.63) is 36.2 Å². The molecular formula is C32H45BFN3O4. The maximum Gasteiger partial charge on any atom is 0.494 e. The molecule has 1 saturated carbocycles. The number of hydrogen-bond acceptors (Lipinski definition) is 5. The van der Waals surface area contributed by atoms with Gasteiger partial charge in [0.15, 0.2) is 0 Å². The normalized spacial score (nSPS) is 28.6. The van der Waals surface area contributed by atoms with Gasteiger partial charge in [0, 0.05) is 43.7 Å². The van der Waals surface area contributed by atoms with Crippen LogP contribution in [0.1, 0.15) is 91.0 Å². The van der Waals surface area contributed by atoms with Crippen molar-refractivity contribution in [1.29, 1.82) is 0 Å². The van der Waals surface area contributed by atoms with E-state index in [0.717, 1.165) is 42.6 Å². The van der Waals surface area contributed by atoms with Gasteiger partial charge in [0.2, 0.25) is 11.8 Å². The number of carbonyl (C=O) groups excluding carboxylic acids is 2. The van der Waals surface area contributed by atoms with Crippen molar-refractivity contribution in [2.24, 2.45) is 0 Å². The van der Waals surface area contributed by atoms with E-state index < -0.39 is 29.6 Å². The average molecular weight is 566 g/mol. The number of hydrogen-bond donors (Lipinski definition) is 0. The summed E-state index contributed by atoms with van der Waals surface area (Å²) in [6, 6.07) is 7.02. The molecule has 6 rings (SSSR count). The van der Waals surface area contributed by atoms with Crippen molar-refractivity contribution in [2.75, 3.05) is 31.1 Å². The maximum absolute atomic E-state index is 14.5. The van der Waals surface area contributed by atoms with Gasteiger partial charge in [0.1, 0.15) is 0 Å². The number of anilines is 1. The highest BCUT2D eigenvalue weighted by Crippen LogP contribution is 2.51. The van der Waals surface area contributed by atoms with Crippen LogP contribution >= 0.6 is 0 Å². The fourth-order valence-electron chi connectivity index (χ4n) is 7.47. The minimum Gasteiger partial charge on any atom is -0.399 e. The number of likely N-dealkylation sites (tertiary alicyclic amines) is 2. The lowest BCUT2D eigenvalue weighted by atomic mass is 9.71. The third-order valence-corrected chi connectivity index (χ3v) is 10.9. The number of nitrogens with zero attached hydrogens (tertiary/aromatic N) is 3. The Kier molecular flexibility index (Phi) is 7.39. The van der Waals surface area contributed by atoms with Gasteiger partial charge in [0.25, 0.3) is 0 Å². The van der Waals surface area contributed by atoms with E-state index in [4.69, 9.17) is 9.31 Å². The van der Waals surface area contributed by atoms with Crippen LogP contribution < -0.4 is 10.4 Å². The van der Waals surface area contributed by atoms with Crippen LogP contribution in [-0.2, 0) is 24.3 Å². The van der Waals surface area contributed by atoms with Crippen molar-refractivity contribution in [3.8, 4) is 0 Å². The number of benzene rings is 1. The molecule has 41 heavy (non-hydrogen) atoms. The van der Waals surface area contributed by atoms with E-state index in [9.17, 15) is 14.0 Å². The van der Waals surface area contributed by atoms with Gasteiger partial charge in [-0.2, -0.15) is 0 Å². The zero-order valence-corrected chi connectivity index (χ0v) is 25.2. The summed E-state index contributed by atoms with van der Waals surface area (Å²) in [6.07, 6.45) is 7.18. The monoisotopic (exact) mass is 565 g/mol. The molecule has 4 fully saturated rings. The highest BCUT2D eigenvalue weighted by atomic mass is 19.1. The lowest BCUT2D eigenvalue weighted by Crippen LogP contribution is -2.58. The smallest absolute Gasteiger partial charge is 0.399 e. The molecule has 5 aliphatic rings. The summed E-state index contributed by atoms with van der Waals surface area (Å²) in [5.41, 5.74) is 1.45. The molecule has 0 atom stereocenters. The van der Waals surface area contributed by atoms with Crippen LogP contribution in [0, 0.1) is 0 Å². The zero-order valence-electron chi connectivity index (χ0n) is 25.2. The quantitative estimate of drug-likeness (QED) is 0.477. The second-order valence-corrected chi connectivity index (χ2v) is 13.9. The number of halogens is 1. The largest absolute Gasteiger partial charge is 0.494 e. The highest BCUT2D eigenvalue weighted by molar-refractivity contribution is 6.62. The Hall–Kier alpha value is -2.23. The van der Waals surface area contributed by atoms with Crippen LogP contribution in [0.2, 0.25) is 0 Å². The van der Waals surface area contributed by atoms with Crippen LogP contribution in [0.25, 0.3) is 0 Å². The molecule has 4 heterocycles. The predicted molar refractivity (Wildman–Crippen MR) is 159 cm³/mol. The summed E-state index contributed by atoms with van der Waals surface area (Å²) in [5, 5.41) is 0. The fraction of sp³-hybridized carbons (Fsp3) is 0.688. The van der Waals surface area contributed by atoms with E-state index in [1.807, 2.05) is 0 Å². The maximum atomic E-state index is 14.5. The molecule has 7 nitrogen and oxygen atoms in total. The lowest BCUT2D eigenvalue weighted by Gasteiger charge is -2.48. The molecule has 1 aromatic rings. The Labute approximate surface area is 244 Å². The number of rotatable bonds is 6. The molecule has 9 heteroatoms. The SMILES string of the molecule is C=C(F)CCC(=O)N1CCC2(CC1)C(=O)N(C1CC(N3CCCCC3)C1)c1cc(B3OC(C)(C)C(C)(C)O3)ccc12. The van der Waals surface area contributed by atoms with Gasteiger partial charge in [-0.1, -0.05) is 25.1 Å². The lowest BCUT2D eigenvalue weighted by molar-refractivity contribution is -0.135. The Balaban J connectivity index is 1.26. The molecule has 0 unspecified atom stereocenters. The molecule has 4 aliphatic heterocycles. The van der Waals surface area contributed by atoms with Gasteiger partial charge < -0.3 is 24.0 Å². The van der Waals surface area contributed by atoms with Crippen molar-refractivity contribution in [1.82, 2.24) is 9.80 Å². The van der Waals surface area contributed by atoms with E-state index >= 15 is 0 Å². The van der Waals surface area contributed by atoms with Gasteiger partial charge in [-0.25, -0.2) is 4.39 Å². The molecule has 0 bridgehead atoms. The first-order chi connectivity index (χ1) is 19.4. The number of piperidine rings is 2. The van der Waals surface area contributed by atoms with Gasteiger partial charge in [0.05, 0.1) is 22.4 Å². The molecule has 3 saturated heterocycles. The summed E-state index contributed by atoms with van der Waals surface area (Å²) in [4.78, 5) is 33.7. The molecule has 1 aliphatic carbocycles. The highest BCUT2D eigenvalue weighted by Gasteiger charge is 2.57. The van der Waals surface area contributed by atoms with E-state index in [-0.39, 0.29) is 30.7 Å². The second-order valence-electron chi connectivity index (χ2n) is 13.9. The molecule has 0 aromatic heterocycles. The van der Waals surface area contributed by atoms with Crippen molar-refractivity contribution >= 4 is 30.1 Å². The van der Waals surface area contributed by atoms with Gasteiger partial charge in [-0.05, 0) is 96.4 Å². The van der Waals surface area contributed by atoms with Gasteiger partial charge in [-0.3, -0.25) is 9.59 Å². The van der Waals surface area contributed by atoms with Gasteiger partial charge in [-0.15, -0.1) is 0 Å². The van der Waals surface area contributed by atoms with E-state index in [2.05, 4.69) is 62.3 Å². The minimum atomic E-state index is -0.638. The van der Waals surface area contributed by atoms with Crippen LogP contribution in [-0.4, -0.2) is 78.2 Å². The fourth-order valence-corrected chi connectivity index (χ4v) is 7.47. The predicted octanol–water partition coefficient (Wildman–Crippen LogP) is 4.47. The second kappa shape index (κ2) is 10.5. The van der Waals surface area contributed by atoms with E-state index in [1.54, 1.807) is 4.90 Å². The summed E-state index contributed by atoms with van der Waals surface area (Å²) < 4.78 is 25.9. The summed E-state index contributed by atoms with van der Waals surface area (Å²) >= 11 is 0. The van der Waals surface area contributed by atoms with Gasteiger partial charge >= 0.3 is 7.12 Å². The molecular weight excluding hydrogens is 520 g/mol. The van der Waals surface area contributed by atoms with E-state index in [0.29, 0.717) is 32.0 Å². The summed E-state index contributed by atoms with van der Waals surface area (Å²) in [7, 11) is -0.494. The van der Waals surface area contributed by atoms with Crippen LogP contribution in [0.4, 0.5) is 10.1 Å². The molecule has 1 spiro atoms. The van der Waals surface area contributed by atoms with Crippen LogP contribution in [0.5, 0.6) is 0 Å². The van der Waals surface area contributed by atoms with E-state index in [1.165, 1.54) is 19.3 Å². The number of amides is 2. The third kappa shape index (κ3) is 4.96. The van der Waals surface area contributed by atoms with Crippen LogP contribution in [0.3, 0.4) is 0 Å². The summed E-state index contributed by atoms with van der Waals surface area (Å²) in [5.74, 6) is -0.367. The number of allylic oxidation sites excluding steroid dienone is 1.